The molecule has 96 valence electrons. The standard InChI is InChI=1S/C13H15NO4/c1-2-8-18-13(17)10-14(9-12(15)16)11-6-4-3-5-7-11/h2-7H,1,8-10H2,(H,15,16). The second-order valence-electron chi connectivity index (χ2n) is 3.56. The summed E-state index contributed by atoms with van der Waals surface area (Å²) in [6.45, 7) is 3.19. The third-order valence-corrected chi connectivity index (χ3v) is 2.13. The fraction of sp³-hybridized carbons (Fsp3) is 0.231. The van der Waals surface area contributed by atoms with Gasteiger partial charge in [0.25, 0.3) is 0 Å². The zero-order valence-corrected chi connectivity index (χ0v) is 9.91. The molecule has 0 aliphatic carbocycles. The van der Waals surface area contributed by atoms with Gasteiger partial charge in [-0.2, -0.15) is 0 Å². The highest BCUT2D eigenvalue weighted by Crippen LogP contribution is 2.12. The molecular weight excluding hydrogens is 234 g/mol. The topological polar surface area (TPSA) is 66.8 Å². The van der Waals surface area contributed by atoms with Gasteiger partial charge >= 0.3 is 11.9 Å². The van der Waals surface area contributed by atoms with Crippen molar-refractivity contribution in [2.24, 2.45) is 0 Å². The van der Waals surface area contributed by atoms with Gasteiger partial charge in [-0.1, -0.05) is 30.9 Å². The molecule has 0 radical (unpaired) electrons. The van der Waals surface area contributed by atoms with Crippen molar-refractivity contribution in [3.8, 4) is 0 Å². The van der Waals surface area contributed by atoms with Crippen LogP contribution in [0, 0.1) is 0 Å². The Morgan fingerprint density at radius 1 is 1.28 bits per heavy atom. The monoisotopic (exact) mass is 249 g/mol. The lowest BCUT2D eigenvalue weighted by atomic mass is 10.3. The van der Waals surface area contributed by atoms with Crippen LogP contribution in [-0.4, -0.2) is 36.7 Å². The first-order valence-corrected chi connectivity index (χ1v) is 5.42. The largest absolute Gasteiger partial charge is 0.480 e. The van der Waals surface area contributed by atoms with E-state index in [2.05, 4.69) is 6.58 Å². The van der Waals surface area contributed by atoms with Crippen molar-refractivity contribution in [3.05, 3.63) is 43.0 Å². The van der Waals surface area contributed by atoms with E-state index < -0.39 is 11.9 Å². The van der Waals surface area contributed by atoms with Crippen LogP contribution in [0.3, 0.4) is 0 Å². The fourth-order valence-electron chi connectivity index (χ4n) is 1.39. The number of esters is 1. The molecule has 5 heteroatoms. The number of carboxylic acid groups (broad SMARTS) is 1. The molecule has 0 spiro atoms. The van der Waals surface area contributed by atoms with Crippen LogP contribution in [0.25, 0.3) is 0 Å². The molecule has 0 aliphatic heterocycles. The number of nitrogens with zero attached hydrogens (tertiary/aromatic N) is 1. The van der Waals surface area contributed by atoms with E-state index in [1.165, 1.54) is 11.0 Å². The summed E-state index contributed by atoms with van der Waals surface area (Å²) in [5.74, 6) is -1.49. The van der Waals surface area contributed by atoms with Gasteiger partial charge in [0.1, 0.15) is 19.7 Å². The molecule has 5 nitrogen and oxygen atoms in total. The normalized spacial score (nSPS) is 9.56. The maximum absolute atomic E-state index is 11.5. The fourth-order valence-corrected chi connectivity index (χ4v) is 1.39. The molecule has 0 fully saturated rings. The molecule has 1 aromatic carbocycles. The second-order valence-corrected chi connectivity index (χ2v) is 3.56. The van der Waals surface area contributed by atoms with Crippen molar-refractivity contribution in [1.29, 1.82) is 0 Å². The highest BCUT2D eigenvalue weighted by Gasteiger charge is 2.15. The summed E-state index contributed by atoms with van der Waals surface area (Å²) in [5.41, 5.74) is 0.662. The molecule has 1 N–H and O–H groups in total. The summed E-state index contributed by atoms with van der Waals surface area (Å²) in [4.78, 5) is 23.7. The van der Waals surface area contributed by atoms with E-state index in [9.17, 15) is 9.59 Å². The average molecular weight is 249 g/mol. The first-order chi connectivity index (χ1) is 8.63. The molecule has 0 aromatic heterocycles. The SMILES string of the molecule is C=CCOC(=O)CN(CC(=O)O)c1ccccc1. The molecule has 0 bridgehead atoms. The number of benzene rings is 1. The zero-order chi connectivity index (χ0) is 13.4. The van der Waals surface area contributed by atoms with Crippen LogP contribution in [0.2, 0.25) is 0 Å². The Labute approximate surface area is 105 Å². The molecule has 1 rings (SSSR count). The maximum Gasteiger partial charge on any atom is 0.325 e. The Balaban J connectivity index is 2.70. The van der Waals surface area contributed by atoms with Gasteiger partial charge in [0, 0.05) is 5.69 Å². The molecule has 1 aromatic rings. The van der Waals surface area contributed by atoms with Crippen LogP contribution in [-0.2, 0) is 14.3 Å². The Morgan fingerprint density at radius 2 is 1.94 bits per heavy atom. The summed E-state index contributed by atoms with van der Waals surface area (Å²) >= 11 is 0. The van der Waals surface area contributed by atoms with E-state index in [-0.39, 0.29) is 19.7 Å². The predicted octanol–water partition coefficient (Wildman–Crippen LogP) is 1.31. The number of carbonyl (C=O) groups excluding carboxylic acids is 1. The van der Waals surface area contributed by atoms with Crippen LogP contribution in [0.4, 0.5) is 5.69 Å². The van der Waals surface area contributed by atoms with Gasteiger partial charge in [-0.15, -0.1) is 0 Å². The molecule has 0 saturated heterocycles. The van der Waals surface area contributed by atoms with Gasteiger partial charge in [0.15, 0.2) is 0 Å². The van der Waals surface area contributed by atoms with Gasteiger partial charge in [0.2, 0.25) is 0 Å². The van der Waals surface area contributed by atoms with Crippen LogP contribution in [0.15, 0.2) is 43.0 Å². The number of para-hydroxylation sites is 1. The minimum absolute atomic E-state index is 0.107. The van der Waals surface area contributed by atoms with Crippen molar-refractivity contribution >= 4 is 17.6 Å². The van der Waals surface area contributed by atoms with Crippen molar-refractivity contribution in [2.75, 3.05) is 24.6 Å². The van der Waals surface area contributed by atoms with E-state index >= 15 is 0 Å². The number of carboxylic acids is 1. The first-order valence-electron chi connectivity index (χ1n) is 5.42. The van der Waals surface area contributed by atoms with Crippen molar-refractivity contribution in [1.82, 2.24) is 0 Å². The Bertz CT molecular complexity index is 416. The molecule has 0 heterocycles. The second kappa shape index (κ2) is 7.11. The van der Waals surface area contributed by atoms with E-state index in [0.717, 1.165) is 0 Å². The lowest BCUT2D eigenvalue weighted by Gasteiger charge is -2.21. The average Bonchev–Trinajstić information content (AvgIpc) is 2.36. The first kappa shape index (κ1) is 13.8. The van der Waals surface area contributed by atoms with Gasteiger partial charge in [-0.3, -0.25) is 9.59 Å². The molecule has 0 aliphatic rings. The number of anilines is 1. The molecule has 0 unspecified atom stereocenters. The predicted molar refractivity (Wildman–Crippen MR) is 67.4 cm³/mol. The summed E-state index contributed by atoms with van der Waals surface area (Å²) in [6.07, 6.45) is 1.46. The highest BCUT2D eigenvalue weighted by molar-refractivity contribution is 5.80. The van der Waals surface area contributed by atoms with Crippen LogP contribution in [0.1, 0.15) is 0 Å². The number of hydrogen-bond donors (Lipinski definition) is 1. The number of aliphatic carboxylic acids is 1. The highest BCUT2D eigenvalue weighted by atomic mass is 16.5. The zero-order valence-electron chi connectivity index (χ0n) is 9.91. The molecule has 0 atom stereocenters. The quantitative estimate of drug-likeness (QED) is 0.583. The number of ether oxygens (including phenoxy) is 1. The number of hydrogen-bond acceptors (Lipinski definition) is 4. The lowest BCUT2D eigenvalue weighted by molar-refractivity contribution is -0.140. The van der Waals surface area contributed by atoms with E-state index in [0.29, 0.717) is 5.69 Å². The smallest absolute Gasteiger partial charge is 0.325 e. The Hall–Kier alpha value is -2.30. The number of rotatable bonds is 7. The van der Waals surface area contributed by atoms with Crippen molar-refractivity contribution in [2.45, 2.75) is 0 Å². The van der Waals surface area contributed by atoms with E-state index in [1.54, 1.807) is 24.3 Å². The minimum Gasteiger partial charge on any atom is -0.480 e. The molecular formula is C13H15NO4. The Kier molecular flexibility index (Phi) is 5.44. The summed E-state index contributed by atoms with van der Waals surface area (Å²) in [5, 5.41) is 8.82. The van der Waals surface area contributed by atoms with Gasteiger partial charge in [0.05, 0.1) is 0 Å². The Morgan fingerprint density at radius 3 is 2.50 bits per heavy atom. The molecule has 0 saturated carbocycles. The maximum atomic E-state index is 11.5. The summed E-state index contributed by atoms with van der Waals surface area (Å²) < 4.78 is 4.83. The van der Waals surface area contributed by atoms with Crippen LogP contribution >= 0.6 is 0 Å². The van der Waals surface area contributed by atoms with Crippen LogP contribution in [0.5, 0.6) is 0 Å². The summed E-state index contributed by atoms with van der Waals surface area (Å²) in [6, 6.07) is 8.85. The van der Waals surface area contributed by atoms with E-state index in [4.69, 9.17) is 9.84 Å². The van der Waals surface area contributed by atoms with E-state index in [1.807, 2.05) is 6.07 Å². The van der Waals surface area contributed by atoms with Crippen molar-refractivity contribution < 1.29 is 19.4 Å². The van der Waals surface area contributed by atoms with Gasteiger partial charge < -0.3 is 14.7 Å². The van der Waals surface area contributed by atoms with Crippen molar-refractivity contribution in [3.63, 3.8) is 0 Å². The van der Waals surface area contributed by atoms with Gasteiger partial charge in [-0.05, 0) is 12.1 Å². The third kappa shape index (κ3) is 4.69. The summed E-state index contributed by atoms with van der Waals surface area (Å²) in [7, 11) is 0. The van der Waals surface area contributed by atoms with Crippen LogP contribution < -0.4 is 4.90 Å². The third-order valence-electron chi connectivity index (χ3n) is 2.13. The minimum atomic E-state index is -1.00. The molecule has 18 heavy (non-hydrogen) atoms. The van der Waals surface area contributed by atoms with Gasteiger partial charge in [-0.25, -0.2) is 0 Å². The molecule has 0 amide bonds. The number of carbonyl (C=O) groups is 2. The lowest BCUT2D eigenvalue weighted by Crippen LogP contribution is -2.35.